The first kappa shape index (κ1) is 18.4. The molecule has 4 N–H and O–H groups in total. The Bertz CT molecular complexity index is 811. The number of nitrogens with one attached hydrogen (secondary N) is 2. The van der Waals surface area contributed by atoms with Crippen molar-refractivity contribution in [2.24, 2.45) is 0 Å². The molecule has 7 heteroatoms. The van der Waals surface area contributed by atoms with Crippen LogP contribution in [-0.2, 0) is 27.2 Å². The van der Waals surface area contributed by atoms with E-state index in [9.17, 15) is 24.6 Å². The minimum absolute atomic E-state index is 0.0196. The smallest absolute Gasteiger partial charge is 0.326 e. The van der Waals surface area contributed by atoms with Crippen LogP contribution in [0.25, 0.3) is 0 Å². The van der Waals surface area contributed by atoms with E-state index >= 15 is 0 Å². The third kappa shape index (κ3) is 6.47. The minimum Gasteiger partial charge on any atom is -0.508 e. The number of hydrogen-bond acceptors (Lipinski definition) is 4. The molecule has 0 aliphatic heterocycles. The normalized spacial score (nSPS) is 13.1. The van der Waals surface area contributed by atoms with Gasteiger partial charge in [-0.2, -0.15) is 0 Å². The molecule has 0 aromatic heterocycles. The quantitative estimate of drug-likeness (QED) is 0.557. The maximum absolute atomic E-state index is 12.7. The third-order valence-electron chi connectivity index (χ3n) is 3.93. The minimum atomic E-state index is -1.22. The average molecular weight is 371 g/mol. The number of aromatic hydroxyl groups is 1. The van der Waals surface area contributed by atoms with E-state index in [4.69, 9.17) is 1.37 Å². The number of phenolic OH excluding ortho intramolecular Hbond substituents is 1. The Morgan fingerprint density at radius 1 is 0.926 bits per heavy atom. The summed E-state index contributed by atoms with van der Waals surface area (Å²) < 4.78 is 7.14. The molecule has 0 aliphatic rings. The van der Waals surface area contributed by atoms with Gasteiger partial charge in [-0.3, -0.25) is 9.59 Å². The van der Waals surface area contributed by atoms with Crippen LogP contribution < -0.4 is 10.6 Å². The third-order valence-corrected chi connectivity index (χ3v) is 3.93. The summed E-state index contributed by atoms with van der Waals surface area (Å²) >= 11 is 0. The number of benzene rings is 2. The van der Waals surface area contributed by atoms with Crippen LogP contribution in [0.15, 0.2) is 54.6 Å². The highest BCUT2D eigenvalue weighted by molar-refractivity contribution is 5.90. The van der Waals surface area contributed by atoms with Gasteiger partial charge in [0.2, 0.25) is 11.8 Å². The van der Waals surface area contributed by atoms with Gasteiger partial charge >= 0.3 is 5.97 Å². The summed E-state index contributed by atoms with van der Waals surface area (Å²) in [5.41, 5.74) is 1.42. The fraction of sp³-hybridized carbons (Fsp3) is 0.250. The zero-order valence-corrected chi connectivity index (χ0v) is 14.6. The van der Waals surface area contributed by atoms with Gasteiger partial charge in [-0.05, 0) is 23.3 Å². The number of carbonyl (C=O) groups excluding carboxylic acids is 2. The Balaban J connectivity index is 2.12. The number of carboxylic acids is 1. The van der Waals surface area contributed by atoms with Crippen molar-refractivity contribution in [2.45, 2.75) is 31.8 Å². The fourth-order valence-corrected chi connectivity index (χ4v) is 2.59. The van der Waals surface area contributed by atoms with Gasteiger partial charge in [0, 0.05) is 21.1 Å². The molecule has 0 aliphatic carbocycles. The molecular weight excluding hydrogens is 348 g/mol. The summed E-state index contributed by atoms with van der Waals surface area (Å²) in [4.78, 5) is 35.9. The van der Waals surface area contributed by atoms with Crippen LogP contribution in [0.1, 0.15) is 19.4 Å². The standard InChI is InChI=1S/C20H22N2O5/c1-13(23)21-17(11-14-5-3-2-4-6-14)19(25)22-18(20(26)27)12-15-7-9-16(24)10-8-15/h2-10,17-18,24H,11-12H2,1H3,(H,21,23)(H,22,25)(H,26,27)/t17-,18-/m0/s1/i1D. The van der Waals surface area contributed by atoms with Gasteiger partial charge in [0.1, 0.15) is 17.8 Å². The van der Waals surface area contributed by atoms with Crippen molar-refractivity contribution < 1.29 is 26.0 Å². The Hall–Kier alpha value is -3.35. The zero-order chi connectivity index (χ0) is 20.5. The van der Waals surface area contributed by atoms with Crippen molar-refractivity contribution in [3.63, 3.8) is 0 Å². The molecule has 0 saturated heterocycles. The molecular formula is C20H22N2O5. The molecule has 0 radical (unpaired) electrons. The monoisotopic (exact) mass is 371 g/mol. The Morgan fingerprint density at radius 2 is 1.52 bits per heavy atom. The van der Waals surface area contributed by atoms with Gasteiger partial charge in [0.25, 0.3) is 0 Å². The number of amides is 2. The molecule has 2 atom stereocenters. The van der Waals surface area contributed by atoms with Gasteiger partial charge in [-0.15, -0.1) is 0 Å². The summed E-state index contributed by atoms with van der Waals surface area (Å²) in [5, 5.41) is 23.7. The van der Waals surface area contributed by atoms with E-state index in [1.165, 1.54) is 12.1 Å². The summed E-state index contributed by atoms with van der Waals surface area (Å²) in [6.45, 7) is -0.533. The molecule has 7 nitrogen and oxygen atoms in total. The van der Waals surface area contributed by atoms with E-state index in [0.29, 0.717) is 5.56 Å². The van der Waals surface area contributed by atoms with Gasteiger partial charge in [0.05, 0.1) is 0 Å². The largest absolute Gasteiger partial charge is 0.508 e. The SMILES string of the molecule is [2H]CC(=O)N[C@@H](Cc1ccccc1)C(=O)N[C@@H](Cc1ccc(O)cc1)C(=O)O. The molecule has 2 rings (SSSR count). The highest BCUT2D eigenvalue weighted by atomic mass is 16.4. The van der Waals surface area contributed by atoms with Crippen molar-refractivity contribution in [3.8, 4) is 5.75 Å². The van der Waals surface area contributed by atoms with E-state index in [0.717, 1.165) is 5.56 Å². The van der Waals surface area contributed by atoms with E-state index in [1.54, 1.807) is 36.4 Å². The number of rotatable bonds is 8. The first-order chi connectivity index (χ1) is 13.4. The first-order valence-electron chi connectivity index (χ1n) is 9.03. The van der Waals surface area contributed by atoms with Crippen molar-refractivity contribution in [2.75, 3.05) is 0 Å². The Kier molecular flexibility index (Phi) is 6.40. The van der Waals surface area contributed by atoms with Crippen LogP contribution in [0.3, 0.4) is 0 Å². The number of carbonyl (C=O) groups is 3. The molecule has 2 aromatic rings. The molecule has 0 spiro atoms. The van der Waals surface area contributed by atoms with E-state index in [1.807, 2.05) is 6.07 Å². The van der Waals surface area contributed by atoms with Crippen LogP contribution in [-0.4, -0.2) is 40.1 Å². The molecule has 2 aromatic carbocycles. The van der Waals surface area contributed by atoms with Crippen LogP contribution in [0.4, 0.5) is 0 Å². The van der Waals surface area contributed by atoms with Crippen LogP contribution in [0, 0.1) is 0 Å². The lowest BCUT2D eigenvalue weighted by atomic mass is 10.0. The van der Waals surface area contributed by atoms with Gasteiger partial charge in [-0.25, -0.2) is 4.79 Å². The lowest BCUT2D eigenvalue weighted by Crippen LogP contribution is -2.52. The summed E-state index contributed by atoms with van der Waals surface area (Å²) in [6.07, 6.45) is 0.190. The fourth-order valence-electron chi connectivity index (χ4n) is 2.59. The molecule has 27 heavy (non-hydrogen) atoms. The number of hydrogen-bond donors (Lipinski definition) is 4. The van der Waals surface area contributed by atoms with Crippen molar-refractivity contribution in [1.29, 1.82) is 0 Å². The predicted molar refractivity (Wildman–Crippen MR) is 99.1 cm³/mol. The van der Waals surface area contributed by atoms with Gasteiger partial charge in [-0.1, -0.05) is 42.5 Å². The van der Waals surface area contributed by atoms with Crippen molar-refractivity contribution >= 4 is 17.8 Å². The van der Waals surface area contributed by atoms with E-state index < -0.39 is 36.8 Å². The molecule has 0 fully saturated rings. The molecule has 0 bridgehead atoms. The van der Waals surface area contributed by atoms with Gasteiger partial charge < -0.3 is 20.8 Å². The number of aliphatic carboxylic acids is 1. The molecule has 0 saturated carbocycles. The lowest BCUT2D eigenvalue weighted by Gasteiger charge is -2.21. The highest BCUT2D eigenvalue weighted by Crippen LogP contribution is 2.12. The lowest BCUT2D eigenvalue weighted by molar-refractivity contribution is -0.142. The molecule has 2 amide bonds. The molecule has 0 unspecified atom stereocenters. The summed E-state index contributed by atoms with van der Waals surface area (Å²) in [6, 6.07) is 12.8. The Labute approximate surface area is 158 Å². The topological polar surface area (TPSA) is 116 Å². The number of carboxylic acid groups (broad SMARTS) is 1. The maximum Gasteiger partial charge on any atom is 0.326 e. The number of phenols is 1. The van der Waals surface area contributed by atoms with E-state index in [-0.39, 0.29) is 18.6 Å². The summed E-state index contributed by atoms with van der Waals surface area (Å²) in [5.74, 6) is -2.43. The molecule has 142 valence electrons. The first-order valence-corrected chi connectivity index (χ1v) is 8.32. The summed E-state index contributed by atoms with van der Waals surface area (Å²) in [7, 11) is 0. The zero-order valence-electron chi connectivity index (χ0n) is 15.6. The Morgan fingerprint density at radius 3 is 2.11 bits per heavy atom. The van der Waals surface area contributed by atoms with Crippen LogP contribution in [0.5, 0.6) is 5.75 Å². The highest BCUT2D eigenvalue weighted by Gasteiger charge is 2.26. The second kappa shape index (κ2) is 9.38. The van der Waals surface area contributed by atoms with Crippen LogP contribution in [0.2, 0.25) is 0 Å². The van der Waals surface area contributed by atoms with Crippen molar-refractivity contribution in [1.82, 2.24) is 10.6 Å². The van der Waals surface area contributed by atoms with Crippen molar-refractivity contribution in [3.05, 3.63) is 65.7 Å². The second-order valence-electron chi connectivity index (χ2n) is 6.08. The maximum atomic E-state index is 12.7. The predicted octanol–water partition coefficient (Wildman–Crippen LogP) is 1.25. The van der Waals surface area contributed by atoms with E-state index in [2.05, 4.69) is 10.6 Å². The van der Waals surface area contributed by atoms with Gasteiger partial charge in [0.15, 0.2) is 0 Å². The molecule has 0 heterocycles. The second-order valence-corrected chi connectivity index (χ2v) is 6.08. The van der Waals surface area contributed by atoms with Crippen LogP contribution >= 0.6 is 0 Å². The average Bonchev–Trinajstić information content (AvgIpc) is 2.69.